The number of sulfonamides is 1. The number of rotatable bonds is 4. The molecule has 1 aromatic rings. The van der Waals surface area contributed by atoms with Crippen molar-refractivity contribution in [3.8, 4) is 0 Å². The van der Waals surface area contributed by atoms with Gasteiger partial charge in [-0.05, 0) is 43.7 Å². The molecule has 0 amide bonds. The highest BCUT2D eigenvalue weighted by atomic mass is 32.2. The van der Waals surface area contributed by atoms with Crippen molar-refractivity contribution < 1.29 is 12.8 Å². The number of halogens is 1. The molecule has 1 fully saturated rings. The van der Waals surface area contributed by atoms with E-state index in [2.05, 4.69) is 4.72 Å². The molecule has 1 aliphatic rings. The molecule has 1 aliphatic carbocycles. The Morgan fingerprint density at radius 1 is 1.40 bits per heavy atom. The Bertz CT molecular complexity index is 578. The highest BCUT2D eigenvalue weighted by molar-refractivity contribution is 7.99. The molecule has 112 valence electrons. The van der Waals surface area contributed by atoms with Crippen molar-refractivity contribution in [1.82, 2.24) is 4.72 Å². The van der Waals surface area contributed by atoms with Crippen molar-refractivity contribution in [1.29, 1.82) is 0 Å². The van der Waals surface area contributed by atoms with Gasteiger partial charge in [0.1, 0.15) is 10.7 Å². The third-order valence-electron chi connectivity index (χ3n) is 3.55. The second kappa shape index (κ2) is 6.32. The average Bonchev–Trinajstić information content (AvgIpc) is 2.41. The molecule has 0 aliphatic heterocycles. The van der Waals surface area contributed by atoms with Crippen LogP contribution < -0.4 is 10.5 Å². The zero-order chi connectivity index (χ0) is 14.8. The van der Waals surface area contributed by atoms with Crippen molar-refractivity contribution >= 4 is 27.5 Å². The van der Waals surface area contributed by atoms with Gasteiger partial charge >= 0.3 is 0 Å². The number of thioether (sulfide) groups is 1. The highest BCUT2D eigenvalue weighted by Gasteiger charge is 2.27. The third kappa shape index (κ3) is 3.65. The second-order valence-corrected chi connectivity index (χ2v) is 7.85. The lowest BCUT2D eigenvalue weighted by atomic mass is 9.96. The van der Waals surface area contributed by atoms with Gasteiger partial charge in [0, 0.05) is 11.3 Å². The number of anilines is 1. The van der Waals surface area contributed by atoms with E-state index >= 15 is 0 Å². The Kier molecular flexibility index (Phi) is 4.93. The Labute approximate surface area is 123 Å². The van der Waals surface area contributed by atoms with E-state index in [1.807, 2.05) is 6.26 Å². The number of benzene rings is 1. The van der Waals surface area contributed by atoms with Crippen molar-refractivity contribution in [2.24, 2.45) is 0 Å². The predicted molar refractivity (Wildman–Crippen MR) is 80.7 cm³/mol. The topological polar surface area (TPSA) is 72.2 Å². The van der Waals surface area contributed by atoms with Crippen LogP contribution in [0.15, 0.2) is 23.1 Å². The molecule has 3 N–H and O–H groups in total. The molecule has 0 aromatic heterocycles. The molecule has 2 rings (SSSR count). The van der Waals surface area contributed by atoms with Crippen LogP contribution in [-0.2, 0) is 10.0 Å². The maximum absolute atomic E-state index is 13.2. The summed E-state index contributed by atoms with van der Waals surface area (Å²) in [5.41, 5.74) is 5.71. The average molecular weight is 318 g/mol. The maximum atomic E-state index is 13.2. The molecule has 0 radical (unpaired) electrons. The maximum Gasteiger partial charge on any atom is 0.242 e. The first-order valence-electron chi connectivity index (χ1n) is 6.52. The highest BCUT2D eigenvalue weighted by Crippen LogP contribution is 2.28. The van der Waals surface area contributed by atoms with Crippen molar-refractivity contribution in [3.63, 3.8) is 0 Å². The number of nitrogens with two attached hydrogens (primary N) is 1. The van der Waals surface area contributed by atoms with Gasteiger partial charge < -0.3 is 5.73 Å². The second-order valence-electron chi connectivity index (χ2n) is 5.02. The zero-order valence-electron chi connectivity index (χ0n) is 11.3. The van der Waals surface area contributed by atoms with Crippen molar-refractivity contribution in [2.45, 2.75) is 41.9 Å². The lowest BCUT2D eigenvalue weighted by molar-refractivity contribution is 0.420. The molecule has 0 heterocycles. The lowest BCUT2D eigenvalue weighted by Gasteiger charge is -2.28. The van der Waals surface area contributed by atoms with E-state index in [1.54, 1.807) is 11.8 Å². The predicted octanol–water partition coefficient (Wildman–Crippen LogP) is 2.36. The Morgan fingerprint density at radius 3 is 2.85 bits per heavy atom. The first kappa shape index (κ1) is 15.6. The van der Waals surface area contributed by atoms with Crippen LogP contribution in [0.4, 0.5) is 10.1 Å². The smallest absolute Gasteiger partial charge is 0.242 e. The molecular formula is C13H19FN2O2S2. The van der Waals surface area contributed by atoms with Gasteiger partial charge in [0.2, 0.25) is 10.0 Å². The zero-order valence-corrected chi connectivity index (χ0v) is 12.9. The van der Waals surface area contributed by atoms with Crippen LogP contribution in [0, 0.1) is 5.82 Å². The molecule has 0 spiro atoms. The first-order valence-corrected chi connectivity index (χ1v) is 9.29. The summed E-state index contributed by atoms with van der Waals surface area (Å²) in [6.07, 6.45) is 5.76. The quantitative estimate of drug-likeness (QED) is 0.836. The number of nitrogen functional groups attached to an aromatic ring is 1. The summed E-state index contributed by atoms with van der Waals surface area (Å²) in [6, 6.07) is 3.29. The van der Waals surface area contributed by atoms with E-state index in [0.29, 0.717) is 5.25 Å². The van der Waals surface area contributed by atoms with Gasteiger partial charge in [0.05, 0.1) is 5.69 Å². The molecule has 2 atom stereocenters. The van der Waals surface area contributed by atoms with Crippen LogP contribution >= 0.6 is 11.8 Å². The fourth-order valence-corrected chi connectivity index (χ4v) is 4.74. The van der Waals surface area contributed by atoms with E-state index in [-0.39, 0.29) is 16.6 Å². The van der Waals surface area contributed by atoms with Gasteiger partial charge in [0.25, 0.3) is 0 Å². The summed E-state index contributed by atoms with van der Waals surface area (Å²) in [4.78, 5) is -0.177. The lowest BCUT2D eigenvalue weighted by Crippen LogP contribution is -2.39. The fraction of sp³-hybridized carbons (Fsp3) is 0.538. The minimum atomic E-state index is -3.77. The van der Waals surface area contributed by atoms with Gasteiger partial charge in [0.15, 0.2) is 0 Å². The van der Waals surface area contributed by atoms with Gasteiger partial charge in [-0.2, -0.15) is 11.8 Å². The largest absolute Gasteiger partial charge is 0.398 e. The van der Waals surface area contributed by atoms with Gasteiger partial charge in [-0.25, -0.2) is 17.5 Å². The van der Waals surface area contributed by atoms with Crippen LogP contribution in [0.1, 0.15) is 25.7 Å². The minimum absolute atomic E-state index is 0.0659. The summed E-state index contributed by atoms with van der Waals surface area (Å²) in [5.74, 6) is -0.606. The van der Waals surface area contributed by atoms with Crippen LogP contribution in [0.25, 0.3) is 0 Å². The van der Waals surface area contributed by atoms with Crippen LogP contribution in [0.3, 0.4) is 0 Å². The van der Waals surface area contributed by atoms with Crippen molar-refractivity contribution in [3.05, 3.63) is 24.0 Å². The van der Waals surface area contributed by atoms with E-state index in [9.17, 15) is 12.8 Å². The molecule has 20 heavy (non-hydrogen) atoms. The first-order chi connectivity index (χ1) is 9.42. The summed E-state index contributed by atoms with van der Waals surface area (Å²) in [5, 5.41) is 0.473. The molecule has 0 bridgehead atoms. The molecule has 7 heteroatoms. The number of hydrogen-bond acceptors (Lipinski definition) is 4. The summed E-state index contributed by atoms with van der Waals surface area (Å²) in [7, 11) is -3.77. The SMILES string of the molecule is CSC1CCCC(NS(=O)(=O)c2cc(F)ccc2N)C1. The van der Waals surface area contributed by atoms with Gasteiger partial charge in [-0.1, -0.05) is 6.42 Å². The van der Waals surface area contributed by atoms with Crippen LogP contribution in [0.2, 0.25) is 0 Å². The van der Waals surface area contributed by atoms with E-state index in [4.69, 9.17) is 5.73 Å². The standard InChI is InChI=1S/C13H19FN2O2S2/c1-19-11-4-2-3-10(8-11)16-20(17,18)13-7-9(14)5-6-12(13)15/h5-7,10-11,16H,2-4,8,15H2,1H3. The van der Waals surface area contributed by atoms with Crippen molar-refractivity contribution in [2.75, 3.05) is 12.0 Å². The summed E-state index contributed by atoms with van der Waals surface area (Å²) >= 11 is 1.76. The normalized spacial score (nSPS) is 23.7. The fourth-order valence-electron chi connectivity index (χ4n) is 2.49. The van der Waals surface area contributed by atoms with Crippen LogP contribution in [-0.4, -0.2) is 26.0 Å². The molecular weight excluding hydrogens is 299 g/mol. The van der Waals surface area contributed by atoms with Gasteiger partial charge in [-0.3, -0.25) is 0 Å². The summed E-state index contributed by atoms with van der Waals surface area (Å²) in [6.45, 7) is 0. The van der Waals surface area contributed by atoms with E-state index in [1.165, 1.54) is 6.07 Å². The van der Waals surface area contributed by atoms with E-state index < -0.39 is 15.8 Å². The Balaban J connectivity index is 2.16. The summed E-state index contributed by atoms with van der Waals surface area (Å²) < 4.78 is 40.5. The Hall–Kier alpha value is -0.790. The van der Waals surface area contributed by atoms with E-state index in [0.717, 1.165) is 37.8 Å². The molecule has 1 aromatic carbocycles. The molecule has 2 unspecified atom stereocenters. The Morgan fingerprint density at radius 2 is 2.15 bits per heavy atom. The molecule has 1 saturated carbocycles. The number of nitrogens with one attached hydrogen (secondary N) is 1. The minimum Gasteiger partial charge on any atom is -0.398 e. The molecule has 4 nitrogen and oxygen atoms in total. The monoisotopic (exact) mass is 318 g/mol. The number of hydrogen-bond donors (Lipinski definition) is 2. The van der Waals surface area contributed by atoms with Crippen LogP contribution in [0.5, 0.6) is 0 Å². The van der Waals surface area contributed by atoms with Gasteiger partial charge in [-0.15, -0.1) is 0 Å². The molecule has 0 saturated heterocycles. The third-order valence-corrected chi connectivity index (χ3v) is 6.22.